The minimum Gasteiger partial charge on any atom is -0.381 e. The molecule has 4 nitrogen and oxygen atoms in total. The summed E-state index contributed by atoms with van der Waals surface area (Å²) in [4.78, 5) is 12.3. The standard InChI is InChI=1S/C13H23NO3/c1-9(16-2)14-12(13(15)11-3-4-11)10-5-7-17-8-6-10/h9-12,14H,3-8H2,1-2H3/t9?,12-/m0/s1. The van der Waals surface area contributed by atoms with Gasteiger partial charge in [-0.15, -0.1) is 0 Å². The van der Waals surface area contributed by atoms with Gasteiger partial charge in [0.2, 0.25) is 0 Å². The van der Waals surface area contributed by atoms with Crippen LogP contribution in [0.1, 0.15) is 32.6 Å². The van der Waals surface area contributed by atoms with Crippen LogP contribution in [0, 0.1) is 11.8 Å². The molecule has 1 aliphatic carbocycles. The van der Waals surface area contributed by atoms with E-state index in [1.54, 1.807) is 7.11 Å². The van der Waals surface area contributed by atoms with Gasteiger partial charge in [0.25, 0.3) is 0 Å². The van der Waals surface area contributed by atoms with Crippen LogP contribution in [0.25, 0.3) is 0 Å². The minimum atomic E-state index is -0.0643. The number of carbonyl (C=O) groups is 1. The number of Topliss-reactive ketones (excluding diaryl/α,β-unsaturated/α-hetero) is 1. The minimum absolute atomic E-state index is 0.0404. The van der Waals surface area contributed by atoms with E-state index in [-0.39, 0.29) is 12.3 Å². The van der Waals surface area contributed by atoms with Gasteiger partial charge in [-0.3, -0.25) is 10.1 Å². The van der Waals surface area contributed by atoms with Crippen molar-refractivity contribution in [2.24, 2.45) is 11.8 Å². The van der Waals surface area contributed by atoms with E-state index in [9.17, 15) is 4.79 Å². The fraction of sp³-hybridized carbons (Fsp3) is 0.923. The Morgan fingerprint density at radius 1 is 1.29 bits per heavy atom. The highest BCUT2D eigenvalue weighted by atomic mass is 16.5. The first-order chi connectivity index (χ1) is 8.22. The van der Waals surface area contributed by atoms with Gasteiger partial charge in [0.05, 0.1) is 6.04 Å². The van der Waals surface area contributed by atoms with Crippen molar-refractivity contribution in [2.75, 3.05) is 20.3 Å². The second-order valence-electron chi connectivity index (χ2n) is 5.15. The van der Waals surface area contributed by atoms with Crippen molar-refractivity contribution in [3.63, 3.8) is 0 Å². The molecule has 1 aliphatic heterocycles. The van der Waals surface area contributed by atoms with E-state index in [2.05, 4.69) is 5.32 Å². The Kier molecular flexibility index (Phi) is 4.54. The van der Waals surface area contributed by atoms with Crippen LogP contribution < -0.4 is 5.32 Å². The van der Waals surface area contributed by atoms with E-state index in [1.165, 1.54) is 0 Å². The smallest absolute Gasteiger partial charge is 0.153 e. The predicted octanol–water partition coefficient (Wildman–Crippen LogP) is 1.34. The molecule has 1 N–H and O–H groups in total. The third-order valence-corrected chi connectivity index (χ3v) is 3.79. The Morgan fingerprint density at radius 3 is 2.47 bits per heavy atom. The average Bonchev–Trinajstić information content (AvgIpc) is 3.20. The van der Waals surface area contributed by atoms with E-state index < -0.39 is 0 Å². The number of nitrogens with one attached hydrogen (secondary N) is 1. The highest BCUT2D eigenvalue weighted by molar-refractivity contribution is 5.88. The molecule has 2 rings (SSSR count). The first-order valence-electron chi connectivity index (χ1n) is 6.62. The van der Waals surface area contributed by atoms with Crippen LogP contribution in [0.3, 0.4) is 0 Å². The Balaban J connectivity index is 1.96. The van der Waals surface area contributed by atoms with E-state index in [0.29, 0.717) is 17.6 Å². The van der Waals surface area contributed by atoms with Gasteiger partial charge >= 0.3 is 0 Å². The monoisotopic (exact) mass is 241 g/mol. The first kappa shape index (κ1) is 13.0. The van der Waals surface area contributed by atoms with Crippen LogP contribution in [0.4, 0.5) is 0 Å². The maximum Gasteiger partial charge on any atom is 0.153 e. The van der Waals surface area contributed by atoms with Gasteiger partial charge in [-0.2, -0.15) is 0 Å². The largest absolute Gasteiger partial charge is 0.381 e. The molecule has 2 aliphatic rings. The topological polar surface area (TPSA) is 47.6 Å². The predicted molar refractivity (Wildman–Crippen MR) is 64.7 cm³/mol. The number of rotatable bonds is 6. The fourth-order valence-electron chi connectivity index (χ4n) is 2.44. The molecule has 0 aromatic carbocycles. The third-order valence-electron chi connectivity index (χ3n) is 3.79. The van der Waals surface area contributed by atoms with Gasteiger partial charge in [-0.1, -0.05) is 0 Å². The van der Waals surface area contributed by atoms with Crippen molar-refractivity contribution in [1.82, 2.24) is 5.32 Å². The normalized spacial score (nSPS) is 25.5. The van der Waals surface area contributed by atoms with Crippen molar-refractivity contribution >= 4 is 5.78 Å². The molecule has 0 amide bonds. The van der Waals surface area contributed by atoms with E-state index in [1.807, 2.05) is 6.92 Å². The van der Waals surface area contributed by atoms with Gasteiger partial charge in [-0.05, 0) is 38.5 Å². The summed E-state index contributed by atoms with van der Waals surface area (Å²) in [6.07, 6.45) is 4.04. The van der Waals surface area contributed by atoms with Crippen LogP contribution in [0.15, 0.2) is 0 Å². The molecule has 1 saturated heterocycles. The Morgan fingerprint density at radius 2 is 1.94 bits per heavy atom. The molecule has 1 heterocycles. The Labute approximate surface area is 103 Å². The Bertz CT molecular complexity index is 259. The molecule has 2 atom stereocenters. The van der Waals surface area contributed by atoms with Crippen molar-refractivity contribution in [1.29, 1.82) is 0 Å². The summed E-state index contributed by atoms with van der Waals surface area (Å²) in [5.41, 5.74) is 0. The zero-order valence-corrected chi connectivity index (χ0v) is 10.8. The molecule has 2 fully saturated rings. The first-order valence-corrected chi connectivity index (χ1v) is 6.62. The van der Waals surface area contributed by atoms with Crippen molar-refractivity contribution in [3.05, 3.63) is 0 Å². The molecule has 0 aromatic rings. The molecule has 1 unspecified atom stereocenters. The summed E-state index contributed by atoms with van der Waals surface area (Å²) < 4.78 is 10.6. The zero-order valence-electron chi connectivity index (χ0n) is 10.8. The van der Waals surface area contributed by atoms with Crippen molar-refractivity contribution in [3.8, 4) is 0 Å². The van der Waals surface area contributed by atoms with Crippen LogP contribution in [-0.2, 0) is 14.3 Å². The number of ether oxygens (including phenoxy) is 2. The molecular formula is C13H23NO3. The number of carbonyl (C=O) groups excluding carboxylic acids is 1. The summed E-state index contributed by atoms with van der Waals surface area (Å²) >= 11 is 0. The molecular weight excluding hydrogens is 218 g/mol. The summed E-state index contributed by atoms with van der Waals surface area (Å²) in [5, 5.41) is 3.33. The summed E-state index contributed by atoms with van der Waals surface area (Å²) in [6.45, 7) is 3.51. The van der Waals surface area contributed by atoms with E-state index in [4.69, 9.17) is 9.47 Å². The maximum atomic E-state index is 12.3. The van der Waals surface area contributed by atoms with E-state index in [0.717, 1.165) is 38.9 Å². The molecule has 0 aromatic heterocycles. The summed E-state index contributed by atoms with van der Waals surface area (Å²) in [7, 11) is 1.67. The lowest BCUT2D eigenvalue weighted by molar-refractivity contribution is -0.126. The second-order valence-corrected chi connectivity index (χ2v) is 5.15. The average molecular weight is 241 g/mol. The molecule has 4 heteroatoms. The molecule has 0 radical (unpaired) electrons. The highest BCUT2D eigenvalue weighted by Gasteiger charge is 2.39. The molecule has 17 heavy (non-hydrogen) atoms. The van der Waals surface area contributed by atoms with Crippen LogP contribution in [0.2, 0.25) is 0 Å². The van der Waals surface area contributed by atoms with Gasteiger partial charge in [-0.25, -0.2) is 0 Å². The maximum absolute atomic E-state index is 12.3. The number of methoxy groups -OCH3 is 1. The lowest BCUT2D eigenvalue weighted by atomic mass is 9.87. The zero-order chi connectivity index (χ0) is 12.3. The van der Waals surface area contributed by atoms with Crippen molar-refractivity contribution < 1.29 is 14.3 Å². The van der Waals surface area contributed by atoms with Crippen LogP contribution in [0.5, 0.6) is 0 Å². The molecule has 98 valence electrons. The molecule has 0 spiro atoms. The van der Waals surface area contributed by atoms with Crippen LogP contribution >= 0.6 is 0 Å². The third kappa shape index (κ3) is 3.50. The quantitative estimate of drug-likeness (QED) is 0.713. The summed E-state index contributed by atoms with van der Waals surface area (Å²) in [5.74, 6) is 1.11. The van der Waals surface area contributed by atoms with Gasteiger partial charge in [0, 0.05) is 26.2 Å². The van der Waals surface area contributed by atoms with Gasteiger partial charge < -0.3 is 9.47 Å². The lowest BCUT2D eigenvalue weighted by Crippen LogP contribution is -2.49. The van der Waals surface area contributed by atoms with Crippen molar-refractivity contribution in [2.45, 2.75) is 44.9 Å². The molecule has 0 bridgehead atoms. The second kappa shape index (κ2) is 5.94. The lowest BCUT2D eigenvalue weighted by Gasteiger charge is -2.31. The number of hydrogen-bond donors (Lipinski definition) is 1. The summed E-state index contributed by atoms with van der Waals surface area (Å²) in [6, 6.07) is -0.0404. The highest BCUT2D eigenvalue weighted by Crippen LogP contribution is 2.34. The molecule has 1 saturated carbocycles. The SMILES string of the molecule is COC(C)N[C@H](C(=O)C1CC1)C1CCOCC1. The Hall–Kier alpha value is -0.450. The van der Waals surface area contributed by atoms with Gasteiger partial charge in [0.1, 0.15) is 6.23 Å². The number of ketones is 1. The number of hydrogen-bond acceptors (Lipinski definition) is 4. The van der Waals surface area contributed by atoms with Gasteiger partial charge in [0.15, 0.2) is 5.78 Å². The fourth-order valence-corrected chi connectivity index (χ4v) is 2.44. The van der Waals surface area contributed by atoms with Crippen LogP contribution in [-0.4, -0.2) is 38.4 Å². The van der Waals surface area contributed by atoms with E-state index >= 15 is 0 Å².